The van der Waals surface area contributed by atoms with Gasteiger partial charge in [-0.05, 0) is 56.1 Å². The molecule has 0 saturated heterocycles. The first kappa shape index (κ1) is 17.5. The fourth-order valence-corrected chi connectivity index (χ4v) is 3.83. The summed E-state index contributed by atoms with van der Waals surface area (Å²) in [6.07, 6.45) is 4.17. The van der Waals surface area contributed by atoms with E-state index in [-0.39, 0.29) is 5.90 Å². The highest BCUT2D eigenvalue weighted by Gasteiger charge is 2.39. The number of hydrogen-bond acceptors (Lipinski definition) is 4. The van der Waals surface area contributed by atoms with Crippen molar-refractivity contribution in [3.8, 4) is 5.82 Å². The van der Waals surface area contributed by atoms with Gasteiger partial charge in [0.2, 0.25) is 10.4 Å². The summed E-state index contributed by atoms with van der Waals surface area (Å²) in [5.74, 6) is 0.811. The van der Waals surface area contributed by atoms with Crippen molar-refractivity contribution in [1.29, 1.82) is 0 Å². The van der Waals surface area contributed by atoms with Gasteiger partial charge in [0.05, 0.1) is 10.7 Å². The molecule has 3 heterocycles. The van der Waals surface area contributed by atoms with Crippen molar-refractivity contribution in [3.05, 3.63) is 75.6 Å². The van der Waals surface area contributed by atoms with E-state index in [9.17, 15) is 4.79 Å². The van der Waals surface area contributed by atoms with E-state index >= 15 is 0 Å². The first-order chi connectivity index (χ1) is 12.5. The average molecular weight is 496 g/mol. The largest absolute Gasteiger partial charge is 0.446 e. The topological polar surface area (TPSA) is 56.5 Å². The van der Waals surface area contributed by atoms with Crippen LogP contribution in [0.3, 0.4) is 0 Å². The Bertz CT molecular complexity index is 1050. The Hall–Kier alpha value is -1.96. The Labute approximate surface area is 170 Å². The number of halogens is 3. The van der Waals surface area contributed by atoms with Crippen LogP contribution in [0.1, 0.15) is 11.3 Å². The molecule has 26 heavy (non-hydrogen) atoms. The van der Waals surface area contributed by atoms with Gasteiger partial charge < -0.3 is 4.74 Å². The number of hydrogen-bond donors (Lipinski definition) is 0. The lowest BCUT2D eigenvalue weighted by Gasteiger charge is -2.29. The lowest BCUT2D eigenvalue weighted by atomic mass is 10.1. The van der Waals surface area contributed by atoms with Gasteiger partial charge in [-0.1, -0.05) is 29.8 Å². The molecule has 1 aliphatic heterocycles. The predicted molar refractivity (Wildman–Crippen MR) is 107 cm³/mol. The molecule has 1 atom stereocenters. The molecule has 1 aliphatic rings. The zero-order valence-electron chi connectivity index (χ0n) is 13.1. The standard InChI is InChI=1S/C18H10Br2ClN3O2/c19-11-8-15(24(9-11)16-13(21)5-3-7-22-16)17-23-14-6-2-1-4-12(14)18(20,10-25)26-17/h1-10H. The van der Waals surface area contributed by atoms with Crippen LogP contribution in [0.4, 0.5) is 5.69 Å². The van der Waals surface area contributed by atoms with Crippen molar-refractivity contribution in [1.82, 2.24) is 9.55 Å². The van der Waals surface area contributed by atoms with Crippen LogP contribution >= 0.6 is 43.5 Å². The molecule has 0 N–H and O–H groups in total. The molecule has 1 aromatic carbocycles. The second kappa shape index (κ2) is 6.64. The van der Waals surface area contributed by atoms with Crippen LogP contribution < -0.4 is 0 Å². The van der Waals surface area contributed by atoms with E-state index in [2.05, 4.69) is 41.8 Å². The van der Waals surface area contributed by atoms with Crippen molar-refractivity contribution in [3.63, 3.8) is 0 Å². The fraction of sp³-hybridized carbons (Fsp3) is 0.0556. The number of pyridine rings is 1. The molecule has 0 bridgehead atoms. The second-order valence-corrected chi connectivity index (χ2v) is 8.02. The number of fused-ring (bicyclic) bond motifs is 1. The summed E-state index contributed by atoms with van der Waals surface area (Å²) in [5.41, 5.74) is 1.90. The van der Waals surface area contributed by atoms with Gasteiger partial charge in [-0.3, -0.25) is 9.36 Å². The lowest BCUT2D eigenvalue weighted by molar-refractivity contribution is -0.116. The first-order valence-corrected chi connectivity index (χ1v) is 9.50. The monoisotopic (exact) mass is 493 g/mol. The van der Waals surface area contributed by atoms with Gasteiger partial charge in [0.25, 0.3) is 0 Å². The molecule has 2 aromatic heterocycles. The van der Waals surface area contributed by atoms with E-state index in [4.69, 9.17) is 16.3 Å². The highest BCUT2D eigenvalue weighted by atomic mass is 79.9. The number of carbonyl (C=O) groups is 1. The van der Waals surface area contributed by atoms with E-state index in [0.29, 0.717) is 34.1 Å². The predicted octanol–water partition coefficient (Wildman–Crippen LogP) is 5.14. The number of nitrogens with zero attached hydrogens (tertiary/aromatic N) is 3. The van der Waals surface area contributed by atoms with Crippen molar-refractivity contribution in [2.75, 3.05) is 0 Å². The van der Waals surface area contributed by atoms with Crippen LogP contribution in [0.2, 0.25) is 5.02 Å². The number of aldehydes is 1. The zero-order valence-corrected chi connectivity index (χ0v) is 17.0. The quantitative estimate of drug-likeness (QED) is 0.373. The van der Waals surface area contributed by atoms with Crippen LogP contribution in [-0.4, -0.2) is 21.7 Å². The first-order valence-electron chi connectivity index (χ1n) is 7.53. The number of carbonyl (C=O) groups excluding carboxylic acids is 1. The molecule has 0 spiro atoms. The van der Waals surface area contributed by atoms with E-state index in [1.54, 1.807) is 29.0 Å². The third kappa shape index (κ3) is 2.90. The van der Waals surface area contributed by atoms with Crippen molar-refractivity contribution >= 4 is 61.3 Å². The summed E-state index contributed by atoms with van der Waals surface area (Å²) in [4.78, 5) is 20.7. The van der Waals surface area contributed by atoms with Gasteiger partial charge in [0.1, 0.15) is 5.69 Å². The van der Waals surface area contributed by atoms with Crippen LogP contribution in [0.15, 0.2) is 64.3 Å². The summed E-state index contributed by atoms with van der Waals surface area (Å²) in [6.45, 7) is 0. The van der Waals surface area contributed by atoms with Gasteiger partial charge >= 0.3 is 0 Å². The van der Waals surface area contributed by atoms with Gasteiger partial charge in [-0.15, -0.1) is 0 Å². The van der Waals surface area contributed by atoms with Crippen LogP contribution in [0.5, 0.6) is 0 Å². The van der Waals surface area contributed by atoms with Gasteiger partial charge in [-0.2, -0.15) is 0 Å². The molecule has 0 fully saturated rings. The Kier molecular flexibility index (Phi) is 4.46. The fourth-order valence-electron chi connectivity index (χ4n) is 2.71. The molecule has 4 rings (SSSR count). The number of aliphatic imine (C=N–C) groups is 1. The number of para-hydroxylation sites is 1. The van der Waals surface area contributed by atoms with Crippen molar-refractivity contribution in [2.45, 2.75) is 4.51 Å². The third-order valence-electron chi connectivity index (χ3n) is 3.86. The zero-order chi connectivity index (χ0) is 18.3. The number of aromatic nitrogens is 2. The van der Waals surface area contributed by atoms with Crippen molar-refractivity contribution < 1.29 is 9.53 Å². The molecule has 0 amide bonds. The number of benzene rings is 1. The van der Waals surface area contributed by atoms with E-state index < -0.39 is 4.51 Å². The maximum absolute atomic E-state index is 11.8. The van der Waals surface area contributed by atoms with Gasteiger partial charge in [-0.25, -0.2) is 9.98 Å². The molecule has 1 unspecified atom stereocenters. The summed E-state index contributed by atoms with van der Waals surface area (Å²) in [5, 5.41) is 0.481. The lowest BCUT2D eigenvalue weighted by Crippen LogP contribution is -2.32. The molecule has 0 saturated carbocycles. The molecule has 8 heteroatoms. The maximum Gasteiger partial charge on any atom is 0.247 e. The summed E-state index contributed by atoms with van der Waals surface area (Å²) in [7, 11) is 0. The van der Waals surface area contributed by atoms with Crippen molar-refractivity contribution in [2.24, 2.45) is 4.99 Å². The molecule has 0 radical (unpaired) electrons. The van der Waals surface area contributed by atoms with E-state index in [1.807, 2.05) is 30.5 Å². The highest BCUT2D eigenvalue weighted by Crippen LogP contribution is 2.42. The molecule has 130 valence electrons. The minimum atomic E-state index is -1.31. The molecule has 0 aliphatic carbocycles. The molecule has 3 aromatic rings. The SMILES string of the molecule is O=CC1(Br)OC(c2cc(Br)cn2-c2ncccc2Cl)=Nc2ccccc21. The van der Waals surface area contributed by atoms with Gasteiger partial charge in [0, 0.05) is 22.4 Å². The van der Waals surface area contributed by atoms with Crippen LogP contribution in [0, 0.1) is 0 Å². The Morgan fingerprint density at radius 2 is 2.04 bits per heavy atom. The molecular weight excluding hydrogens is 485 g/mol. The third-order valence-corrected chi connectivity index (χ3v) is 5.37. The highest BCUT2D eigenvalue weighted by molar-refractivity contribution is 9.10. The minimum absolute atomic E-state index is 0.278. The van der Waals surface area contributed by atoms with E-state index in [0.717, 1.165) is 4.47 Å². The van der Waals surface area contributed by atoms with Crippen LogP contribution in [0.25, 0.3) is 5.82 Å². The Morgan fingerprint density at radius 3 is 2.81 bits per heavy atom. The van der Waals surface area contributed by atoms with Gasteiger partial charge in [0.15, 0.2) is 12.1 Å². The second-order valence-electron chi connectivity index (χ2n) is 5.52. The number of alkyl halides is 1. The Morgan fingerprint density at radius 1 is 1.23 bits per heavy atom. The maximum atomic E-state index is 11.8. The number of rotatable bonds is 3. The smallest absolute Gasteiger partial charge is 0.247 e. The van der Waals surface area contributed by atoms with Crippen LogP contribution in [-0.2, 0) is 14.0 Å². The summed E-state index contributed by atoms with van der Waals surface area (Å²) in [6, 6.07) is 12.6. The summed E-state index contributed by atoms with van der Waals surface area (Å²) >= 11 is 13.2. The summed E-state index contributed by atoms with van der Waals surface area (Å²) < 4.78 is 7.19. The Balaban J connectivity index is 1.92. The minimum Gasteiger partial charge on any atom is -0.446 e. The number of ether oxygens (including phenoxy) is 1. The molecular formula is C18H10Br2ClN3O2. The molecule has 5 nitrogen and oxygen atoms in total. The normalized spacial score (nSPS) is 18.7. The van der Waals surface area contributed by atoms with E-state index in [1.165, 1.54) is 0 Å². The average Bonchev–Trinajstić information content (AvgIpc) is 3.03.